The summed E-state index contributed by atoms with van der Waals surface area (Å²) in [7, 11) is 3.14. The van der Waals surface area contributed by atoms with E-state index in [1.807, 2.05) is 13.0 Å². The highest BCUT2D eigenvalue weighted by Crippen LogP contribution is 2.27. The number of carbonyl (C=O) groups excluding carboxylic acids is 1. The quantitative estimate of drug-likeness (QED) is 0.874. The van der Waals surface area contributed by atoms with Crippen molar-refractivity contribution < 1.29 is 14.3 Å². The molecule has 1 amide bonds. The number of ether oxygens (including phenoxy) is 2. The third-order valence-electron chi connectivity index (χ3n) is 2.91. The topological polar surface area (TPSA) is 76.2 Å². The number of hydrogen-bond donors (Lipinski definition) is 2. The summed E-state index contributed by atoms with van der Waals surface area (Å²) in [5, 5.41) is 9.37. The van der Waals surface area contributed by atoms with Crippen LogP contribution in [0.4, 0.5) is 5.82 Å². The smallest absolute Gasteiger partial charge is 0.229 e. The number of aromatic nitrogens is 2. The molecule has 0 aliphatic heterocycles. The monoisotopic (exact) mass is 275 g/mol. The van der Waals surface area contributed by atoms with Gasteiger partial charge in [0.1, 0.15) is 5.82 Å². The highest BCUT2D eigenvalue weighted by molar-refractivity contribution is 5.92. The van der Waals surface area contributed by atoms with Gasteiger partial charge in [0.05, 0.1) is 26.8 Å². The van der Waals surface area contributed by atoms with Crippen molar-refractivity contribution in [3.05, 3.63) is 35.5 Å². The number of nitrogens with one attached hydrogen (secondary N) is 2. The van der Waals surface area contributed by atoms with Crippen molar-refractivity contribution in [1.29, 1.82) is 0 Å². The van der Waals surface area contributed by atoms with Crippen LogP contribution in [-0.4, -0.2) is 30.3 Å². The van der Waals surface area contributed by atoms with Crippen molar-refractivity contribution in [2.45, 2.75) is 13.3 Å². The molecule has 0 saturated heterocycles. The molecule has 20 heavy (non-hydrogen) atoms. The van der Waals surface area contributed by atoms with Crippen LogP contribution < -0.4 is 14.8 Å². The maximum atomic E-state index is 12.0. The van der Waals surface area contributed by atoms with Crippen molar-refractivity contribution in [3.63, 3.8) is 0 Å². The average molecular weight is 275 g/mol. The Hall–Kier alpha value is -2.50. The number of amides is 1. The third-order valence-corrected chi connectivity index (χ3v) is 2.91. The molecule has 0 fully saturated rings. The fraction of sp³-hybridized carbons (Fsp3) is 0.286. The molecule has 2 rings (SSSR count). The molecule has 2 aromatic rings. The molecule has 0 aliphatic carbocycles. The van der Waals surface area contributed by atoms with E-state index in [-0.39, 0.29) is 12.3 Å². The van der Waals surface area contributed by atoms with Crippen LogP contribution in [0, 0.1) is 6.92 Å². The van der Waals surface area contributed by atoms with Gasteiger partial charge in [-0.2, -0.15) is 5.10 Å². The van der Waals surface area contributed by atoms with E-state index in [1.165, 1.54) is 0 Å². The second-order valence-corrected chi connectivity index (χ2v) is 4.34. The Morgan fingerprint density at radius 2 is 2.05 bits per heavy atom. The van der Waals surface area contributed by atoms with E-state index in [0.29, 0.717) is 17.3 Å². The molecular weight excluding hydrogens is 258 g/mol. The van der Waals surface area contributed by atoms with Crippen molar-refractivity contribution in [2.24, 2.45) is 0 Å². The van der Waals surface area contributed by atoms with Crippen LogP contribution in [0.15, 0.2) is 24.4 Å². The van der Waals surface area contributed by atoms with Crippen molar-refractivity contribution in [3.8, 4) is 11.5 Å². The maximum Gasteiger partial charge on any atom is 0.229 e. The number of methoxy groups -OCH3 is 2. The van der Waals surface area contributed by atoms with E-state index in [4.69, 9.17) is 9.47 Å². The summed E-state index contributed by atoms with van der Waals surface area (Å²) < 4.78 is 10.4. The SMILES string of the molecule is COc1ccc(CC(=O)Nc2[nH]ncc2C)cc1OC. The van der Waals surface area contributed by atoms with Gasteiger partial charge >= 0.3 is 0 Å². The summed E-state index contributed by atoms with van der Waals surface area (Å²) in [6, 6.07) is 5.40. The van der Waals surface area contributed by atoms with Gasteiger partial charge in [0.2, 0.25) is 5.91 Å². The number of hydrogen-bond acceptors (Lipinski definition) is 4. The Kier molecular flexibility index (Phi) is 4.24. The number of aromatic amines is 1. The maximum absolute atomic E-state index is 12.0. The summed E-state index contributed by atoms with van der Waals surface area (Å²) in [5.41, 5.74) is 1.74. The fourth-order valence-corrected chi connectivity index (χ4v) is 1.83. The molecule has 0 unspecified atom stereocenters. The lowest BCUT2D eigenvalue weighted by Crippen LogP contribution is -2.15. The number of aryl methyl sites for hydroxylation is 1. The summed E-state index contributed by atoms with van der Waals surface area (Å²) in [5.74, 6) is 1.75. The van der Waals surface area contributed by atoms with Gasteiger partial charge in [-0.3, -0.25) is 9.89 Å². The van der Waals surface area contributed by atoms with Crippen molar-refractivity contribution >= 4 is 11.7 Å². The summed E-state index contributed by atoms with van der Waals surface area (Å²) >= 11 is 0. The van der Waals surface area contributed by atoms with Crippen LogP contribution >= 0.6 is 0 Å². The van der Waals surface area contributed by atoms with Gasteiger partial charge in [0, 0.05) is 5.56 Å². The lowest BCUT2D eigenvalue weighted by molar-refractivity contribution is -0.115. The van der Waals surface area contributed by atoms with Gasteiger partial charge in [0.15, 0.2) is 11.5 Å². The number of benzene rings is 1. The van der Waals surface area contributed by atoms with E-state index >= 15 is 0 Å². The van der Waals surface area contributed by atoms with Crippen LogP contribution in [0.1, 0.15) is 11.1 Å². The Bertz CT molecular complexity index is 607. The lowest BCUT2D eigenvalue weighted by Gasteiger charge is -2.09. The predicted molar refractivity (Wildman–Crippen MR) is 75.2 cm³/mol. The number of nitrogens with zero attached hydrogens (tertiary/aromatic N) is 1. The van der Waals surface area contributed by atoms with Crippen LogP contribution in [-0.2, 0) is 11.2 Å². The predicted octanol–water partition coefficient (Wildman–Crippen LogP) is 1.92. The fourth-order valence-electron chi connectivity index (χ4n) is 1.83. The number of anilines is 1. The zero-order valence-electron chi connectivity index (χ0n) is 11.7. The van der Waals surface area contributed by atoms with Crippen molar-refractivity contribution in [2.75, 3.05) is 19.5 Å². The van der Waals surface area contributed by atoms with Gasteiger partial charge in [-0.25, -0.2) is 0 Å². The Morgan fingerprint density at radius 1 is 1.30 bits per heavy atom. The second kappa shape index (κ2) is 6.10. The van der Waals surface area contributed by atoms with Crippen LogP contribution in [0.5, 0.6) is 11.5 Å². The lowest BCUT2D eigenvalue weighted by atomic mass is 10.1. The zero-order valence-corrected chi connectivity index (χ0v) is 11.7. The summed E-state index contributed by atoms with van der Waals surface area (Å²) in [6.45, 7) is 1.87. The molecule has 1 heterocycles. The van der Waals surface area contributed by atoms with E-state index in [2.05, 4.69) is 15.5 Å². The first-order chi connectivity index (χ1) is 9.63. The molecule has 0 bridgehead atoms. The molecule has 1 aromatic carbocycles. The molecule has 6 nitrogen and oxygen atoms in total. The Morgan fingerprint density at radius 3 is 2.65 bits per heavy atom. The first-order valence-electron chi connectivity index (χ1n) is 6.14. The summed E-state index contributed by atoms with van der Waals surface area (Å²) in [4.78, 5) is 12.0. The largest absolute Gasteiger partial charge is 0.493 e. The minimum Gasteiger partial charge on any atom is -0.493 e. The van der Waals surface area contributed by atoms with Crippen LogP contribution in [0.2, 0.25) is 0 Å². The molecule has 0 atom stereocenters. The zero-order chi connectivity index (χ0) is 14.5. The number of H-pyrrole nitrogens is 1. The molecule has 2 N–H and O–H groups in total. The third kappa shape index (κ3) is 3.09. The van der Waals surface area contributed by atoms with Crippen LogP contribution in [0.25, 0.3) is 0 Å². The minimum atomic E-state index is -0.121. The number of carbonyl (C=O) groups is 1. The molecule has 0 radical (unpaired) electrons. The van der Waals surface area contributed by atoms with E-state index < -0.39 is 0 Å². The Balaban J connectivity index is 2.06. The van der Waals surface area contributed by atoms with Gasteiger partial charge in [0.25, 0.3) is 0 Å². The van der Waals surface area contributed by atoms with Crippen LogP contribution in [0.3, 0.4) is 0 Å². The molecule has 0 aliphatic rings. The highest BCUT2D eigenvalue weighted by atomic mass is 16.5. The van der Waals surface area contributed by atoms with E-state index in [1.54, 1.807) is 32.5 Å². The summed E-state index contributed by atoms with van der Waals surface area (Å²) in [6.07, 6.45) is 1.91. The van der Waals surface area contributed by atoms with E-state index in [9.17, 15) is 4.79 Å². The number of rotatable bonds is 5. The molecule has 0 spiro atoms. The van der Waals surface area contributed by atoms with Crippen molar-refractivity contribution in [1.82, 2.24) is 10.2 Å². The molecule has 6 heteroatoms. The van der Waals surface area contributed by atoms with Gasteiger partial charge in [-0.05, 0) is 24.6 Å². The second-order valence-electron chi connectivity index (χ2n) is 4.34. The molecule has 106 valence electrons. The minimum absolute atomic E-state index is 0.121. The first kappa shape index (κ1) is 13.9. The highest BCUT2D eigenvalue weighted by Gasteiger charge is 2.10. The molecule has 0 saturated carbocycles. The van der Waals surface area contributed by atoms with Gasteiger partial charge in [-0.15, -0.1) is 0 Å². The van der Waals surface area contributed by atoms with Gasteiger partial charge < -0.3 is 14.8 Å². The normalized spacial score (nSPS) is 10.2. The first-order valence-corrected chi connectivity index (χ1v) is 6.14. The standard InChI is InChI=1S/C14H17N3O3/c1-9-8-15-17-14(9)16-13(18)7-10-4-5-11(19-2)12(6-10)20-3/h4-6,8H,7H2,1-3H3,(H2,15,16,17,18). The molecule has 1 aromatic heterocycles. The van der Waals surface area contributed by atoms with E-state index in [0.717, 1.165) is 11.1 Å². The molecular formula is C14H17N3O3. The Labute approximate surface area is 117 Å². The van der Waals surface area contributed by atoms with Gasteiger partial charge in [-0.1, -0.05) is 6.07 Å². The average Bonchev–Trinajstić information content (AvgIpc) is 2.84.